The van der Waals surface area contributed by atoms with Crippen LogP contribution in [0.15, 0.2) is 48.5 Å². The lowest BCUT2D eigenvalue weighted by Crippen LogP contribution is -2.12. The van der Waals surface area contributed by atoms with Gasteiger partial charge in [0.1, 0.15) is 0 Å². The highest BCUT2D eigenvalue weighted by Gasteiger charge is 2.20. The van der Waals surface area contributed by atoms with Gasteiger partial charge in [0, 0.05) is 35.6 Å². The van der Waals surface area contributed by atoms with Crippen LogP contribution < -0.4 is 15.2 Å². The first kappa shape index (κ1) is 17.6. The number of non-ortho nitro benzene ring substituents is 1. The normalized spacial score (nSPS) is 12.2. The summed E-state index contributed by atoms with van der Waals surface area (Å²) in [4.78, 5) is 22.6. The number of hydrogen-bond donors (Lipinski definition) is 1. The zero-order valence-electron chi connectivity index (χ0n) is 15.0. The number of hydrogen-bond acceptors (Lipinski definition) is 5. The molecule has 0 spiro atoms. The van der Waals surface area contributed by atoms with Crippen molar-refractivity contribution in [3.8, 4) is 22.8 Å². The van der Waals surface area contributed by atoms with Crippen LogP contribution in [0.4, 0.5) is 5.69 Å². The van der Waals surface area contributed by atoms with Crippen LogP contribution in [-0.2, 0) is 6.54 Å². The van der Waals surface area contributed by atoms with E-state index in [0.717, 1.165) is 5.56 Å². The molecule has 2 heterocycles. The zero-order chi connectivity index (χ0) is 19.8. The minimum atomic E-state index is -0.548. The molecule has 8 heteroatoms. The van der Waals surface area contributed by atoms with Crippen molar-refractivity contribution in [3.63, 3.8) is 0 Å². The maximum atomic E-state index is 11.9. The minimum Gasteiger partial charge on any atom is -0.454 e. The number of nitro groups is 1. The Morgan fingerprint density at radius 1 is 1.18 bits per heavy atom. The van der Waals surface area contributed by atoms with Crippen molar-refractivity contribution in [1.29, 1.82) is 0 Å². The molecule has 1 aliphatic heterocycles. The lowest BCUT2D eigenvalue weighted by Gasteiger charge is -2.13. The molecule has 0 saturated carbocycles. The van der Waals surface area contributed by atoms with Crippen molar-refractivity contribution in [2.75, 3.05) is 6.79 Å². The van der Waals surface area contributed by atoms with Crippen molar-refractivity contribution < 1.29 is 19.2 Å². The fraction of sp³-hybridized carbons (Fsp3) is 0.150. The highest BCUT2D eigenvalue weighted by atomic mass is 16.7. The average Bonchev–Trinajstić information content (AvgIpc) is 3.26. The molecule has 1 aromatic heterocycles. The van der Waals surface area contributed by atoms with E-state index in [9.17, 15) is 14.9 Å². The Bertz CT molecular complexity index is 1100. The number of nitrogens with two attached hydrogens (primary N) is 1. The number of benzene rings is 2. The molecule has 2 aromatic carbocycles. The van der Waals surface area contributed by atoms with Gasteiger partial charge < -0.3 is 19.8 Å². The van der Waals surface area contributed by atoms with Crippen LogP contribution >= 0.6 is 0 Å². The van der Waals surface area contributed by atoms with Gasteiger partial charge in [-0.25, -0.2) is 0 Å². The summed E-state index contributed by atoms with van der Waals surface area (Å²) in [5.41, 5.74) is 8.80. The third kappa shape index (κ3) is 3.05. The first-order valence-electron chi connectivity index (χ1n) is 8.57. The van der Waals surface area contributed by atoms with Crippen molar-refractivity contribution in [3.05, 3.63) is 75.5 Å². The van der Waals surface area contributed by atoms with Crippen LogP contribution in [0.2, 0.25) is 0 Å². The van der Waals surface area contributed by atoms with Gasteiger partial charge in [-0.15, -0.1) is 0 Å². The summed E-state index contributed by atoms with van der Waals surface area (Å²) in [7, 11) is 0. The number of aromatic nitrogens is 1. The molecule has 142 valence electrons. The second-order valence-corrected chi connectivity index (χ2v) is 6.47. The van der Waals surface area contributed by atoms with Gasteiger partial charge in [-0.3, -0.25) is 14.9 Å². The number of fused-ring (bicyclic) bond motifs is 1. The fourth-order valence-corrected chi connectivity index (χ4v) is 3.34. The maximum absolute atomic E-state index is 11.9. The van der Waals surface area contributed by atoms with Crippen molar-refractivity contribution in [2.45, 2.75) is 13.5 Å². The monoisotopic (exact) mass is 379 g/mol. The van der Waals surface area contributed by atoms with Gasteiger partial charge in [-0.1, -0.05) is 18.2 Å². The number of ether oxygens (including phenoxy) is 2. The molecule has 1 amide bonds. The summed E-state index contributed by atoms with van der Waals surface area (Å²) < 4.78 is 12.7. The molecular formula is C20H17N3O5. The Balaban J connectivity index is 1.81. The second-order valence-electron chi connectivity index (χ2n) is 6.47. The van der Waals surface area contributed by atoms with Gasteiger partial charge in [0.15, 0.2) is 11.5 Å². The predicted molar refractivity (Wildman–Crippen MR) is 101 cm³/mol. The molecule has 0 unspecified atom stereocenters. The van der Waals surface area contributed by atoms with Crippen LogP contribution in [0.3, 0.4) is 0 Å². The second kappa shape index (κ2) is 6.73. The van der Waals surface area contributed by atoms with Gasteiger partial charge >= 0.3 is 0 Å². The van der Waals surface area contributed by atoms with E-state index in [4.69, 9.17) is 15.2 Å². The molecule has 0 bridgehead atoms. The van der Waals surface area contributed by atoms with Gasteiger partial charge in [-0.05, 0) is 30.7 Å². The number of nitro benzene ring substituents is 1. The smallest absolute Gasteiger partial charge is 0.270 e. The van der Waals surface area contributed by atoms with E-state index in [2.05, 4.69) is 0 Å². The van der Waals surface area contributed by atoms with E-state index < -0.39 is 10.8 Å². The molecule has 2 N–H and O–H groups in total. The van der Waals surface area contributed by atoms with Gasteiger partial charge in [0.05, 0.1) is 10.5 Å². The lowest BCUT2D eigenvalue weighted by molar-refractivity contribution is -0.384. The molecule has 0 saturated heterocycles. The predicted octanol–water partition coefficient (Wildman–Crippen LogP) is 3.25. The molecule has 4 rings (SSSR count). The highest BCUT2D eigenvalue weighted by Crippen LogP contribution is 2.34. The van der Waals surface area contributed by atoms with Gasteiger partial charge in [0.2, 0.25) is 6.79 Å². The quantitative estimate of drug-likeness (QED) is 0.540. The molecular weight excluding hydrogens is 362 g/mol. The summed E-state index contributed by atoms with van der Waals surface area (Å²) in [5.74, 6) is 0.799. The SMILES string of the molecule is Cc1c(C(N)=O)cc(-c2cccc([N+](=O)[O-])c2)n1Cc1ccc2c(c1)OCO2. The number of rotatable bonds is 5. The molecule has 28 heavy (non-hydrogen) atoms. The Hall–Kier alpha value is -3.81. The maximum Gasteiger partial charge on any atom is 0.270 e. The number of amides is 1. The Morgan fingerprint density at radius 3 is 2.71 bits per heavy atom. The van der Waals surface area contributed by atoms with Gasteiger partial charge in [-0.2, -0.15) is 0 Å². The summed E-state index contributed by atoms with van der Waals surface area (Å²) in [6.07, 6.45) is 0. The van der Waals surface area contributed by atoms with Crippen molar-refractivity contribution in [1.82, 2.24) is 4.57 Å². The molecule has 0 radical (unpaired) electrons. The van der Waals surface area contributed by atoms with E-state index in [1.165, 1.54) is 12.1 Å². The molecule has 3 aromatic rings. The van der Waals surface area contributed by atoms with Crippen LogP contribution in [-0.4, -0.2) is 22.2 Å². The summed E-state index contributed by atoms with van der Waals surface area (Å²) in [6.45, 7) is 2.42. The molecule has 0 fully saturated rings. The van der Waals surface area contributed by atoms with E-state index in [-0.39, 0.29) is 12.5 Å². The number of nitrogens with zero attached hydrogens (tertiary/aromatic N) is 2. The Kier molecular flexibility index (Phi) is 4.23. The Labute approximate surface area is 160 Å². The molecule has 1 aliphatic rings. The van der Waals surface area contributed by atoms with E-state index >= 15 is 0 Å². The average molecular weight is 379 g/mol. The van der Waals surface area contributed by atoms with Crippen molar-refractivity contribution in [2.24, 2.45) is 5.73 Å². The van der Waals surface area contributed by atoms with Gasteiger partial charge in [0.25, 0.3) is 11.6 Å². The molecule has 8 nitrogen and oxygen atoms in total. The third-order valence-electron chi connectivity index (χ3n) is 4.76. The standard InChI is InChI=1S/C20H17N3O5/c1-12-16(20(21)24)9-17(14-3-2-4-15(8-14)23(25)26)22(12)10-13-5-6-18-19(7-13)28-11-27-18/h2-9H,10-11H2,1H3,(H2,21,24). The molecule has 0 aliphatic carbocycles. The Morgan fingerprint density at radius 2 is 1.96 bits per heavy atom. The van der Waals surface area contributed by atoms with Crippen LogP contribution in [0.5, 0.6) is 11.5 Å². The van der Waals surface area contributed by atoms with E-state index in [1.54, 1.807) is 25.1 Å². The van der Waals surface area contributed by atoms with Crippen molar-refractivity contribution >= 4 is 11.6 Å². The first-order chi connectivity index (χ1) is 13.4. The minimum absolute atomic E-state index is 0.0217. The summed E-state index contributed by atoms with van der Waals surface area (Å²) in [5, 5.41) is 11.1. The van der Waals surface area contributed by atoms with E-state index in [0.29, 0.717) is 40.6 Å². The van der Waals surface area contributed by atoms with Crippen LogP contribution in [0.25, 0.3) is 11.3 Å². The fourth-order valence-electron chi connectivity index (χ4n) is 3.34. The molecule has 0 atom stereocenters. The number of carbonyl (C=O) groups is 1. The first-order valence-corrected chi connectivity index (χ1v) is 8.57. The largest absolute Gasteiger partial charge is 0.454 e. The lowest BCUT2D eigenvalue weighted by atomic mass is 10.1. The number of primary amides is 1. The van der Waals surface area contributed by atoms with Crippen LogP contribution in [0, 0.1) is 17.0 Å². The zero-order valence-corrected chi connectivity index (χ0v) is 15.0. The summed E-state index contributed by atoms with van der Waals surface area (Å²) in [6, 6.07) is 13.6. The highest BCUT2D eigenvalue weighted by molar-refractivity contribution is 5.95. The number of carbonyl (C=O) groups excluding carboxylic acids is 1. The topological polar surface area (TPSA) is 110 Å². The van der Waals surface area contributed by atoms with E-state index in [1.807, 2.05) is 22.8 Å². The summed E-state index contributed by atoms with van der Waals surface area (Å²) >= 11 is 0. The third-order valence-corrected chi connectivity index (χ3v) is 4.76. The van der Waals surface area contributed by atoms with Crippen LogP contribution in [0.1, 0.15) is 21.6 Å².